The number of carbonyl (C=O) groups excluding carboxylic acids is 2. The highest BCUT2D eigenvalue weighted by Crippen LogP contribution is 2.15. The second kappa shape index (κ2) is 4.51. The van der Waals surface area contributed by atoms with Crippen molar-refractivity contribution in [3.8, 4) is 0 Å². The zero-order valence-corrected chi connectivity index (χ0v) is 9.94. The molecule has 16 heavy (non-hydrogen) atoms. The van der Waals surface area contributed by atoms with Gasteiger partial charge in [0, 0.05) is 0 Å². The van der Waals surface area contributed by atoms with Crippen molar-refractivity contribution in [3.63, 3.8) is 0 Å². The summed E-state index contributed by atoms with van der Waals surface area (Å²) in [7, 11) is 0. The second-order valence-electron chi connectivity index (χ2n) is 4.60. The van der Waals surface area contributed by atoms with Gasteiger partial charge in [0.15, 0.2) is 5.76 Å². The molecule has 0 aliphatic heterocycles. The van der Waals surface area contributed by atoms with E-state index in [1.807, 2.05) is 0 Å². The molecule has 1 heterocycles. The van der Waals surface area contributed by atoms with Crippen molar-refractivity contribution < 1.29 is 18.7 Å². The number of hydrogen-bond acceptors (Lipinski definition) is 4. The van der Waals surface area contributed by atoms with Gasteiger partial charge in [-0.25, -0.2) is 0 Å². The Bertz CT molecular complexity index is 370. The van der Waals surface area contributed by atoms with Crippen LogP contribution >= 0.6 is 0 Å². The number of ether oxygens (including phenoxy) is 1. The molecule has 0 bridgehead atoms. The van der Waals surface area contributed by atoms with E-state index in [0.29, 0.717) is 0 Å². The summed E-state index contributed by atoms with van der Waals surface area (Å²) in [5, 5.41) is 0. The minimum Gasteiger partial charge on any atom is -0.461 e. The molecule has 0 amide bonds. The fourth-order valence-electron chi connectivity index (χ4n) is 1.13. The van der Waals surface area contributed by atoms with Gasteiger partial charge in [-0.15, -0.1) is 0 Å². The topological polar surface area (TPSA) is 56.5 Å². The number of Topliss-reactive ketones (excluding diaryl/α,β-unsaturated/α-hetero) is 1. The molecular formula is C12H16O4. The molecule has 1 aromatic heterocycles. The average molecular weight is 224 g/mol. The SMILES string of the molecule is CC(C(=O)OC(C)(C)C)C(=O)c1ccco1. The van der Waals surface area contributed by atoms with Crippen LogP contribution in [0.4, 0.5) is 0 Å². The molecule has 0 aliphatic carbocycles. The normalized spacial score (nSPS) is 13.2. The van der Waals surface area contributed by atoms with Gasteiger partial charge >= 0.3 is 5.97 Å². The molecule has 0 N–H and O–H groups in total. The maximum absolute atomic E-state index is 11.7. The summed E-state index contributed by atoms with van der Waals surface area (Å²) in [6, 6.07) is 3.14. The van der Waals surface area contributed by atoms with Crippen LogP contribution in [0.5, 0.6) is 0 Å². The molecule has 1 aromatic rings. The molecule has 0 aromatic carbocycles. The van der Waals surface area contributed by atoms with Gasteiger partial charge in [-0.1, -0.05) is 0 Å². The fourth-order valence-corrected chi connectivity index (χ4v) is 1.13. The van der Waals surface area contributed by atoms with Crippen molar-refractivity contribution in [1.82, 2.24) is 0 Å². The van der Waals surface area contributed by atoms with Gasteiger partial charge in [0.2, 0.25) is 5.78 Å². The Kier molecular flexibility index (Phi) is 3.52. The van der Waals surface area contributed by atoms with Crippen LogP contribution < -0.4 is 0 Å². The first kappa shape index (κ1) is 12.5. The van der Waals surface area contributed by atoms with Crippen molar-refractivity contribution in [2.75, 3.05) is 0 Å². The summed E-state index contributed by atoms with van der Waals surface area (Å²) < 4.78 is 10.1. The van der Waals surface area contributed by atoms with E-state index >= 15 is 0 Å². The summed E-state index contributed by atoms with van der Waals surface area (Å²) in [5.74, 6) is -1.56. The highest BCUT2D eigenvalue weighted by Gasteiger charge is 2.29. The van der Waals surface area contributed by atoms with Gasteiger partial charge < -0.3 is 9.15 Å². The average Bonchev–Trinajstić information content (AvgIpc) is 2.65. The van der Waals surface area contributed by atoms with Gasteiger partial charge in [-0.05, 0) is 39.8 Å². The number of esters is 1. The smallest absolute Gasteiger partial charge is 0.317 e. The summed E-state index contributed by atoms with van der Waals surface area (Å²) in [4.78, 5) is 23.3. The quantitative estimate of drug-likeness (QED) is 0.449. The molecule has 1 rings (SSSR count). The number of furan rings is 1. The molecular weight excluding hydrogens is 208 g/mol. The highest BCUT2D eigenvalue weighted by molar-refractivity contribution is 6.06. The number of rotatable bonds is 3. The Hall–Kier alpha value is -1.58. The van der Waals surface area contributed by atoms with Gasteiger partial charge in [0.05, 0.1) is 6.26 Å². The minimum atomic E-state index is -0.842. The van der Waals surface area contributed by atoms with Gasteiger partial charge in [-0.3, -0.25) is 9.59 Å². The molecule has 0 aliphatic rings. The molecule has 0 saturated heterocycles. The van der Waals surface area contributed by atoms with E-state index in [2.05, 4.69) is 0 Å². The van der Waals surface area contributed by atoms with Gasteiger partial charge in [0.25, 0.3) is 0 Å². The predicted octanol–water partition coefficient (Wildman–Crippen LogP) is 2.44. The van der Waals surface area contributed by atoms with Crippen LogP contribution in [0, 0.1) is 5.92 Å². The van der Waals surface area contributed by atoms with Crippen molar-refractivity contribution in [2.45, 2.75) is 33.3 Å². The Morgan fingerprint density at radius 1 is 1.38 bits per heavy atom. The highest BCUT2D eigenvalue weighted by atomic mass is 16.6. The molecule has 0 saturated carbocycles. The fraction of sp³-hybridized carbons (Fsp3) is 0.500. The van der Waals surface area contributed by atoms with Crippen LogP contribution in [0.3, 0.4) is 0 Å². The van der Waals surface area contributed by atoms with Crippen LogP contribution in [-0.2, 0) is 9.53 Å². The lowest BCUT2D eigenvalue weighted by Gasteiger charge is -2.21. The molecule has 88 valence electrons. The third-order valence-electron chi connectivity index (χ3n) is 1.92. The minimum absolute atomic E-state index is 0.179. The summed E-state index contributed by atoms with van der Waals surface area (Å²) in [5.41, 5.74) is -0.589. The van der Waals surface area contributed by atoms with Crippen LogP contribution in [0.15, 0.2) is 22.8 Å². The molecule has 4 nitrogen and oxygen atoms in total. The summed E-state index contributed by atoms with van der Waals surface area (Å²) >= 11 is 0. The largest absolute Gasteiger partial charge is 0.461 e. The third kappa shape index (κ3) is 3.22. The Labute approximate surface area is 94.6 Å². The van der Waals surface area contributed by atoms with Crippen LogP contribution in [0.25, 0.3) is 0 Å². The van der Waals surface area contributed by atoms with Gasteiger partial charge in [0.1, 0.15) is 11.5 Å². The number of ketones is 1. The van der Waals surface area contributed by atoms with Crippen molar-refractivity contribution >= 4 is 11.8 Å². The first-order valence-corrected chi connectivity index (χ1v) is 5.12. The molecule has 0 radical (unpaired) electrons. The van der Waals surface area contributed by atoms with E-state index in [9.17, 15) is 9.59 Å². The van der Waals surface area contributed by atoms with Crippen LogP contribution in [0.1, 0.15) is 38.2 Å². The molecule has 0 fully saturated rings. The van der Waals surface area contributed by atoms with Crippen LogP contribution in [0.2, 0.25) is 0 Å². The van der Waals surface area contributed by atoms with Crippen molar-refractivity contribution in [3.05, 3.63) is 24.2 Å². The molecule has 1 atom stereocenters. The Morgan fingerprint density at radius 2 is 2.00 bits per heavy atom. The van der Waals surface area contributed by atoms with E-state index in [4.69, 9.17) is 9.15 Å². The summed E-state index contributed by atoms with van der Waals surface area (Å²) in [6.07, 6.45) is 1.40. The van der Waals surface area contributed by atoms with Crippen molar-refractivity contribution in [2.24, 2.45) is 5.92 Å². The molecule has 4 heteroatoms. The third-order valence-corrected chi connectivity index (χ3v) is 1.92. The lowest BCUT2D eigenvalue weighted by Crippen LogP contribution is -2.31. The molecule has 1 unspecified atom stereocenters. The Morgan fingerprint density at radius 3 is 2.44 bits per heavy atom. The standard InChI is InChI=1S/C12H16O4/c1-8(11(14)16-12(2,3)4)10(13)9-6-5-7-15-9/h5-8H,1-4H3. The monoisotopic (exact) mass is 224 g/mol. The van der Waals surface area contributed by atoms with Gasteiger partial charge in [-0.2, -0.15) is 0 Å². The lowest BCUT2D eigenvalue weighted by molar-refractivity contribution is -0.157. The molecule has 0 spiro atoms. The first-order chi connectivity index (χ1) is 7.31. The Balaban J connectivity index is 2.68. The van der Waals surface area contributed by atoms with Crippen LogP contribution in [-0.4, -0.2) is 17.4 Å². The van der Waals surface area contributed by atoms with Crippen molar-refractivity contribution in [1.29, 1.82) is 0 Å². The lowest BCUT2D eigenvalue weighted by atomic mass is 10.0. The summed E-state index contributed by atoms with van der Waals surface area (Å²) in [6.45, 7) is 6.79. The zero-order chi connectivity index (χ0) is 12.3. The van der Waals surface area contributed by atoms with E-state index in [0.717, 1.165) is 0 Å². The second-order valence-corrected chi connectivity index (χ2v) is 4.60. The van der Waals surface area contributed by atoms with E-state index in [1.54, 1.807) is 26.8 Å². The predicted molar refractivity (Wildman–Crippen MR) is 58.0 cm³/mol. The van der Waals surface area contributed by atoms with E-state index in [1.165, 1.54) is 19.3 Å². The number of carbonyl (C=O) groups is 2. The maximum atomic E-state index is 11.7. The zero-order valence-electron chi connectivity index (χ0n) is 9.94. The van der Waals surface area contributed by atoms with E-state index < -0.39 is 17.5 Å². The first-order valence-electron chi connectivity index (χ1n) is 5.12. The maximum Gasteiger partial charge on any atom is 0.317 e. The van der Waals surface area contributed by atoms with E-state index in [-0.39, 0.29) is 11.5 Å². The number of hydrogen-bond donors (Lipinski definition) is 0.